The van der Waals surface area contributed by atoms with Gasteiger partial charge in [0.15, 0.2) is 0 Å². The molecule has 4 amide bonds. The summed E-state index contributed by atoms with van der Waals surface area (Å²) in [5.41, 5.74) is 1.02. The van der Waals surface area contributed by atoms with Crippen LogP contribution in [-0.2, 0) is 21.4 Å². The van der Waals surface area contributed by atoms with Gasteiger partial charge >= 0.3 is 12.0 Å². The molecule has 1 aromatic heterocycles. The number of aliphatic carboxylic acids is 1. The van der Waals surface area contributed by atoms with Gasteiger partial charge in [-0.15, -0.1) is 16.9 Å². The maximum absolute atomic E-state index is 13.2. The molecule has 2 aromatic rings. The zero-order valence-corrected chi connectivity index (χ0v) is 21.0. The third-order valence-electron chi connectivity index (χ3n) is 5.51. The molecular formula is C21H24N8O5S2. The van der Waals surface area contributed by atoms with Crippen LogP contribution < -0.4 is 16.0 Å². The maximum Gasteiger partial charge on any atom is 0.352 e. The summed E-state index contributed by atoms with van der Waals surface area (Å²) in [6.45, 7) is 2.13. The Labute approximate surface area is 214 Å². The van der Waals surface area contributed by atoms with E-state index in [4.69, 9.17) is 0 Å². The van der Waals surface area contributed by atoms with E-state index in [0.29, 0.717) is 34.3 Å². The number of carboxylic acid groups (broad SMARTS) is 1. The minimum atomic E-state index is -1.22. The average molecular weight is 533 g/mol. The Bertz CT molecular complexity index is 1200. The number of β-lactam (4-membered cyclic amide) rings is 1. The lowest BCUT2D eigenvalue weighted by Crippen LogP contribution is -2.71. The second kappa shape index (κ2) is 11.0. The van der Waals surface area contributed by atoms with Crippen molar-refractivity contribution < 1.29 is 24.3 Å². The Morgan fingerprint density at radius 1 is 1.28 bits per heavy atom. The monoisotopic (exact) mass is 532 g/mol. The van der Waals surface area contributed by atoms with Crippen molar-refractivity contribution >= 4 is 47.3 Å². The first-order valence-electron chi connectivity index (χ1n) is 11.0. The summed E-state index contributed by atoms with van der Waals surface area (Å²) in [6.07, 6.45) is 0. The molecule has 1 aromatic carbocycles. The smallest absolute Gasteiger partial charge is 0.352 e. The topological polar surface area (TPSA) is 171 Å². The molecule has 13 nitrogen and oxygen atoms in total. The first-order chi connectivity index (χ1) is 17.3. The van der Waals surface area contributed by atoms with E-state index in [2.05, 4.69) is 31.5 Å². The van der Waals surface area contributed by atoms with Crippen molar-refractivity contribution in [3.8, 4) is 0 Å². The molecule has 190 valence electrons. The van der Waals surface area contributed by atoms with Gasteiger partial charge in [0, 0.05) is 25.1 Å². The molecule has 4 rings (SSSR count). The second-order valence-corrected chi connectivity index (χ2v) is 9.92. The van der Waals surface area contributed by atoms with Crippen LogP contribution in [0.25, 0.3) is 0 Å². The Morgan fingerprint density at radius 3 is 2.67 bits per heavy atom. The highest BCUT2D eigenvalue weighted by Gasteiger charge is 2.54. The number of aryl methyl sites for hydroxylation is 1. The fourth-order valence-corrected chi connectivity index (χ4v) is 6.15. The number of aromatic nitrogens is 4. The van der Waals surface area contributed by atoms with Crippen molar-refractivity contribution in [1.29, 1.82) is 0 Å². The predicted octanol–water partition coefficient (Wildman–Crippen LogP) is 0.101. The van der Waals surface area contributed by atoms with Gasteiger partial charge in [-0.3, -0.25) is 14.5 Å². The number of amides is 4. The summed E-state index contributed by atoms with van der Waals surface area (Å²) < 4.78 is 1.47. The highest BCUT2D eigenvalue weighted by molar-refractivity contribution is 8.01. The Morgan fingerprint density at radius 2 is 2.03 bits per heavy atom. The largest absolute Gasteiger partial charge is 0.477 e. The fourth-order valence-electron chi connectivity index (χ4n) is 3.81. The molecule has 2 unspecified atom stereocenters. The number of carbonyl (C=O) groups is 4. The lowest BCUT2D eigenvalue weighted by Gasteiger charge is -2.49. The Hall–Kier alpha value is -3.59. The zero-order valence-electron chi connectivity index (χ0n) is 19.4. The number of nitrogens with zero attached hydrogens (tertiary/aromatic N) is 5. The Balaban J connectivity index is 1.48. The molecule has 0 bridgehead atoms. The molecule has 2 aliphatic heterocycles. The van der Waals surface area contributed by atoms with E-state index in [0.717, 1.165) is 0 Å². The van der Waals surface area contributed by atoms with Crippen LogP contribution in [0.3, 0.4) is 0 Å². The lowest BCUT2D eigenvalue weighted by molar-refractivity contribution is -0.151. The minimum absolute atomic E-state index is 0.0862. The number of hydrogen-bond donors (Lipinski definition) is 4. The number of carbonyl (C=O) groups excluding carboxylic acids is 3. The van der Waals surface area contributed by atoms with Crippen molar-refractivity contribution in [2.24, 2.45) is 7.05 Å². The van der Waals surface area contributed by atoms with Gasteiger partial charge in [0.25, 0.3) is 5.91 Å². The lowest BCUT2D eigenvalue weighted by atomic mass is 10.0. The van der Waals surface area contributed by atoms with Gasteiger partial charge in [-0.1, -0.05) is 42.1 Å². The number of urea groups is 1. The summed E-state index contributed by atoms with van der Waals surface area (Å²) in [4.78, 5) is 51.6. The molecule has 0 aliphatic carbocycles. The van der Waals surface area contributed by atoms with E-state index in [9.17, 15) is 24.3 Å². The van der Waals surface area contributed by atoms with Crippen LogP contribution in [-0.4, -0.2) is 83.5 Å². The zero-order chi connectivity index (χ0) is 25.8. The van der Waals surface area contributed by atoms with Crippen molar-refractivity contribution in [2.75, 3.05) is 18.1 Å². The van der Waals surface area contributed by atoms with Crippen molar-refractivity contribution in [3.05, 3.63) is 47.2 Å². The van der Waals surface area contributed by atoms with E-state index in [1.807, 2.05) is 0 Å². The standard InChI is InChI=1S/C21H24N8O5S2/c1-3-22-20(34)24-13(11-7-5-4-6-8-11)16(30)23-14-17(31)29-15(19(32)33)12(9-35-18(14)29)10-36-21-25-26-27-28(21)2/h4-8,13-14,18H,3,9-10H2,1-2H3,(H,23,30)(H,32,33)(H2,22,24,34)/t13?,14-,18?/m1/s1. The van der Waals surface area contributed by atoms with Gasteiger partial charge < -0.3 is 21.1 Å². The normalized spacial score (nSPS) is 19.7. The van der Waals surface area contributed by atoms with Gasteiger partial charge in [0.1, 0.15) is 23.2 Å². The molecule has 15 heteroatoms. The number of nitrogens with one attached hydrogen (secondary N) is 3. The summed E-state index contributed by atoms with van der Waals surface area (Å²) in [6, 6.07) is 6.18. The van der Waals surface area contributed by atoms with Crippen LogP contribution in [0.1, 0.15) is 18.5 Å². The molecular weight excluding hydrogens is 508 g/mol. The van der Waals surface area contributed by atoms with Crippen LogP contribution in [0, 0.1) is 0 Å². The van der Waals surface area contributed by atoms with Crippen LogP contribution in [0.5, 0.6) is 0 Å². The second-order valence-electron chi connectivity index (χ2n) is 7.87. The number of carboxylic acids is 1. The van der Waals surface area contributed by atoms with Gasteiger partial charge in [0.2, 0.25) is 11.1 Å². The molecule has 1 saturated heterocycles. The van der Waals surface area contributed by atoms with Crippen LogP contribution >= 0.6 is 23.5 Å². The van der Waals surface area contributed by atoms with Crippen molar-refractivity contribution in [2.45, 2.75) is 29.5 Å². The number of rotatable bonds is 9. The molecule has 3 heterocycles. The van der Waals surface area contributed by atoms with E-state index >= 15 is 0 Å². The number of fused-ring (bicyclic) bond motifs is 1. The fraction of sp³-hybridized carbons (Fsp3) is 0.381. The highest BCUT2D eigenvalue weighted by atomic mass is 32.2. The van der Waals surface area contributed by atoms with Crippen LogP contribution in [0.2, 0.25) is 0 Å². The first kappa shape index (κ1) is 25.5. The first-order valence-corrected chi connectivity index (χ1v) is 13.0. The van der Waals surface area contributed by atoms with E-state index in [1.165, 1.54) is 33.1 Å². The number of benzene rings is 1. The van der Waals surface area contributed by atoms with E-state index in [1.54, 1.807) is 44.3 Å². The molecule has 2 aliphatic rings. The summed E-state index contributed by atoms with van der Waals surface area (Å²) in [7, 11) is 1.68. The van der Waals surface area contributed by atoms with E-state index < -0.39 is 41.3 Å². The third-order valence-corrected chi connectivity index (χ3v) is 7.95. The van der Waals surface area contributed by atoms with Crippen molar-refractivity contribution in [3.63, 3.8) is 0 Å². The molecule has 4 N–H and O–H groups in total. The van der Waals surface area contributed by atoms with Gasteiger partial charge in [-0.2, -0.15) is 0 Å². The van der Waals surface area contributed by atoms with Gasteiger partial charge in [-0.05, 0) is 28.5 Å². The highest BCUT2D eigenvalue weighted by Crippen LogP contribution is 2.41. The minimum Gasteiger partial charge on any atom is -0.477 e. The molecule has 0 saturated carbocycles. The predicted molar refractivity (Wildman–Crippen MR) is 131 cm³/mol. The Kier molecular flexibility index (Phi) is 7.79. The summed E-state index contributed by atoms with van der Waals surface area (Å²) >= 11 is 2.64. The maximum atomic E-state index is 13.2. The van der Waals surface area contributed by atoms with Gasteiger partial charge in [-0.25, -0.2) is 14.3 Å². The molecule has 3 atom stereocenters. The molecule has 1 fully saturated rings. The summed E-state index contributed by atoms with van der Waals surface area (Å²) in [5.74, 6) is -1.65. The molecule has 36 heavy (non-hydrogen) atoms. The van der Waals surface area contributed by atoms with Crippen molar-refractivity contribution in [1.82, 2.24) is 41.1 Å². The quantitative estimate of drug-likeness (QED) is 0.256. The van der Waals surface area contributed by atoms with Crippen LogP contribution in [0.15, 0.2) is 46.8 Å². The number of thioether (sulfide) groups is 2. The van der Waals surface area contributed by atoms with E-state index in [-0.39, 0.29) is 5.70 Å². The third kappa shape index (κ3) is 5.16. The van der Waals surface area contributed by atoms with Gasteiger partial charge in [0.05, 0.1) is 0 Å². The average Bonchev–Trinajstić information content (AvgIpc) is 3.28. The number of hydrogen-bond acceptors (Lipinski definition) is 9. The number of tetrazole rings is 1. The van der Waals surface area contributed by atoms with Crippen LogP contribution in [0.4, 0.5) is 4.79 Å². The SMILES string of the molecule is CCNC(=O)NC(C(=O)N[C@@H]1C(=O)N2C(C(=O)O)=C(CSc3nnnn3C)CSC12)c1ccccc1. The molecule has 0 spiro atoms. The molecule has 0 radical (unpaired) electrons. The summed E-state index contributed by atoms with van der Waals surface area (Å²) in [5, 5.41) is 28.9.